The van der Waals surface area contributed by atoms with E-state index in [0.29, 0.717) is 0 Å². The Morgan fingerprint density at radius 1 is 1.33 bits per heavy atom. The van der Waals surface area contributed by atoms with Crippen LogP contribution in [0.1, 0.15) is 0 Å². The molecule has 72 valence electrons. The molecule has 5 N–H and O–H groups in total. The molecule has 0 aromatic rings. The van der Waals surface area contributed by atoms with Crippen LogP contribution in [0, 0.1) is 0 Å². The van der Waals surface area contributed by atoms with Gasteiger partial charge in [-0.25, -0.2) is 0 Å². The first-order valence-electron chi connectivity index (χ1n) is 3.49. The molecule has 0 aliphatic rings. The Balaban J connectivity index is 3.75. The third-order valence-corrected chi connectivity index (χ3v) is 1.23. The van der Waals surface area contributed by atoms with E-state index < -0.39 is 24.7 Å². The lowest BCUT2D eigenvalue weighted by Gasteiger charge is -2.14. The lowest BCUT2D eigenvalue weighted by atomic mass is 10.2. The molecule has 0 aliphatic carbocycles. The van der Waals surface area contributed by atoms with Gasteiger partial charge in [0.2, 0.25) is 0 Å². The van der Waals surface area contributed by atoms with Crippen molar-refractivity contribution in [3.05, 3.63) is 0 Å². The standard InChI is InChI=1S/C6H13NO5/c8-2-1-7-6(12)5(11)4(10)3-9/h4-5,8-11H,1-3H2,(H,7,12)/t4-,5-/m1/s1. The Morgan fingerprint density at radius 2 is 1.92 bits per heavy atom. The van der Waals surface area contributed by atoms with E-state index in [1.54, 1.807) is 0 Å². The van der Waals surface area contributed by atoms with Crippen molar-refractivity contribution in [2.75, 3.05) is 19.8 Å². The first kappa shape index (κ1) is 11.3. The quantitative estimate of drug-likeness (QED) is 0.305. The van der Waals surface area contributed by atoms with Gasteiger partial charge in [-0.2, -0.15) is 0 Å². The lowest BCUT2D eigenvalue weighted by molar-refractivity contribution is -0.136. The van der Waals surface area contributed by atoms with Gasteiger partial charge < -0.3 is 25.7 Å². The summed E-state index contributed by atoms with van der Waals surface area (Å²) >= 11 is 0. The summed E-state index contributed by atoms with van der Waals surface area (Å²) in [5.74, 6) is -0.814. The van der Waals surface area contributed by atoms with E-state index in [1.807, 2.05) is 0 Å². The van der Waals surface area contributed by atoms with Crippen molar-refractivity contribution in [1.29, 1.82) is 0 Å². The topological polar surface area (TPSA) is 110 Å². The molecule has 0 fully saturated rings. The Labute approximate surface area is 69.5 Å². The number of carbonyl (C=O) groups is 1. The summed E-state index contributed by atoms with van der Waals surface area (Å²) in [7, 11) is 0. The Hall–Kier alpha value is -0.690. The van der Waals surface area contributed by atoms with E-state index in [4.69, 9.17) is 20.4 Å². The molecular formula is C6H13NO5. The maximum atomic E-state index is 10.8. The third kappa shape index (κ3) is 3.63. The molecule has 1 amide bonds. The molecule has 0 saturated carbocycles. The zero-order chi connectivity index (χ0) is 9.56. The van der Waals surface area contributed by atoms with Crippen molar-refractivity contribution in [2.24, 2.45) is 0 Å². The van der Waals surface area contributed by atoms with Crippen LogP contribution in [0.25, 0.3) is 0 Å². The maximum Gasteiger partial charge on any atom is 0.251 e. The zero-order valence-corrected chi connectivity index (χ0v) is 6.47. The Kier molecular flexibility index (Phi) is 5.56. The highest BCUT2D eigenvalue weighted by Gasteiger charge is 2.22. The van der Waals surface area contributed by atoms with Gasteiger partial charge >= 0.3 is 0 Å². The van der Waals surface area contributed by atoms with Crippen molar-refractivity contribution >= 4 is 5.91 Å². The number of aliphatic hydroxyl groups excluding tert-OH is 4. The fourth-order valence-corrected chi connectivity index (χ4v) is 0.558. The van der Waals surface area contributed by atoms with E-state index in [-0.39, 0.29) is 13.2 Å². The van der Waals surface area contributed by atoms with Gasteiger partial charge in [-0.15, -0.1) is 0 Å². The largest absolute Gasteiger partial charge is 0.395 e. The van der Waals surface area contributed by atoms with Crippen LogP contribution in [0.2, 0.25) is 0 Å². The van der Waals surface area contributed by atoms with Crippen molar-refractivity contribution in [3.63, 3.8) is 0 Å². The minimum atomic E-state index is -1.65. The summed E-state index contributed by atoms with van der Waals surface area (Å²) < 4.78 is 0. The van der Waals surface area contributed by atoms with Crippen LogP contribution < -0.4 is 5.32 Å². The van der Waals surface area contributed by atoms with E-state index in [9.17, 15) is 4.79 Å². The molecule has 0 aliphatic heterocycles. The molecule has 12 heavy (non-hydrogen) atoms. The summed E-state index contributed by atoms with van der Waals surface area (Å²) in [4.78, 5) is 10.8. The third-order valence-electron chi connectivity index (χ3n) is 1.23. The summed E-state index contributed by atoms with van der Waals surface area (Å²) in [5.41, 5.74) is 0. The number of aliphatic hydroxyl groups is 4. The molecular weight excluding hydrogens is 166 g/mol. The van der Waals surface area contributed by atoms with Crippen molar-refractivity contribution in [2.45, 2.75) is 12.2 Å². The molecule has 6 nitrogen and oxygen atoms in total. The number of hydrogen-bond acceptors (Lipinski definition) is 5. The fourth-order valence-electron chi connectivity index (χ4n) is 0.558. The van der Waals surface area contributed by atoms with E-state index in [1.165, 1.54) is 0 Å². The zero-order valence-electron chi connectivity index (χ0n) is 6.47. The molecule has 0 bridgehead atoms. The second-order valence-electron chi connectivity index (χ2n) is 2.21. The van der Waals surface area contributed by atoms with Gasteiger partial charge in [0.15, 0.2) is 6.10 Å². The molecule has 0 aromatic heterocycles. The normalized spacial score (nSPS) is 15.3. The van der Waals surface area contributed by atoms with Crippen LogP contribution in [0.15, 0.2) is 0 Å². The molecule has 0 radical (unpaired) electrons. The highest BCUT2D eigenvalue weighted by atomic mass is 16.4. The number of rotatable bonds is 5. The predicted molar refractivity (Wildman–Crippen MR) is 39.2 cm³/mol. The molecule has 0 spiro atoms. The van der Waals surface area contributed by atoms with Gasteiger partial charge in [-0.3, -0.25) is 4.79 Å². The van der Waals surface area contributed by atoms with Crippen LogP contribution in [-0.2, 0) is 4.79 Å². The molecule has 6 heteroatoms. The average Bonchev–Trinajstić information content (AvgIpc) is 2.11. The van der Waals surface area contributed by atoms with E-state index in [0.717, 1.165) is 0 Å². The van der Waals surface area contributed by atoms with E-state index in [2.05, 4.69) is 5.32 Å². The van der Waals surface area contributed by atoms with Crippen LogP contribution in [0.4, 0.5) is 0 Å². The van der Waals surface area contributed by atoms with Gasteiger partial charge in [0.1, 0.15) is 6.10 Å². The van der Waals surface area contributed by atoms with Gasteiger partial charge in [0.25, 0.3) is 5.91 Å². The van der Waals surface area contributed by atoms with Gasteiger partial charge in [0.05, 0.1) is 13.2 Å². The highest BCUT2D eigenvalue weighted by Crippen LogP contribution is 1.91. The summed E-state index contributed by atoms with van der Waals surface area (Å²) in [5, 5.41) is 36.4. The molecule has 0 heterocycles. The monoisotopic (exact) mass is 179 g/mol. The van der Waals surface area contributed by atoms with Crippen molar-refractivity contribution < 1.29 is 25.2 Å². The van der Waals surface area contributed by atoms with Gasteiger partial charge in [0, 0.05) is 6.54 Å². The minimum Gasteiger partial charge on any atom is -0.395 e. The van der Waals surface area contributed by atoms with Gasteiger partial charge in [-0.1, -0.05) is 0 Å². The van der Waals surface area contributed by atoms with Crippen LogP contribution in [0.5, 0.6) is 0 Å². The molecule has 2 atom stereocenters. The molecule has 0 unspecified atom stereocenters. The van der Waals surface area contributed by atoms with E-state index >= 15 is 0 Å². The fraction of sp³-hybridized carbons (Fsp3) is 0.833. The van der Waals surface area contributed by atoms with Crippen LogP contribution >= 0.6 is 0 Å². The Morgan fingerprint density at radius 3 is 2.33 bits per heavy atom. The first-order valence-corrected chi connectivity index (χ1v) is 3.49. The number of carbonyl (C=O) groups excluding carboxylic acids is 1. The number of nitrogens with one attached hydrogen (secondary N) is 1. The second-order valence-corrected chi connectivity index (χ2v) is 2.21. The summed E-state index contributed by atoms with van der Waals surface area (Å²) in [6, 6.07) is 0. The number of hydrogen-bond donors (Lipinski definition) is 5. The predicted octanol–water partition coefficient (Wildman–Crippen LogP) is -3.19. The van der Waals surface area contributed by atoms with Crippen LogP contribution in [0.3, 0.4) is 0 Å². The average molecular weight is 179 g/mol. The van der Waals surface area contributed by atoms with Crippen molar-refractivity contribution in [3.8, 4) is 0 Å². The second kappa shape index (κ2) is 5.90. The minimum absolute atomic E-state index is 0.00798. The smallest absolute Gasteiger partial charge is 0.251 e. The number of amides is 1. The highest BCUT2D eigenvalue weighted by molar-refractivity contribution is 5.81. The molecule has 0 saturated heterocycles. The Bertz CT molecular complexity index is 140. The SMILES string of the molecule is O=C(NCCO)[C@H](O)[C@H](O)CO. The van der Waals surface area contributed by atoms with Gasteiger partial charge in [-0.05, 0) is 0 Å². The first-order chi connectivity index (χ1) is 5.63. The molecule has 0 aromatic carbocycles. The maximum absolute atomic E-state index is 10.8. The summed E-state index contributed by atoms with van der Waals surface area (Å²) in [6.07, 6.45) is -3.13. The summed E-state index contributed by atoms with van der Waals surface area (Å²) in [6.45, 7) is -0.921. The van der Waals surface area contributed by atoms with Crippen molar-refractivity contribution in [1.82, 2.24) is 5.32 Å². The molecule has 0 rings (SSSR count). The lowest BCUT2D eigenvalue weighted by Crippen LogP contribution is -2.44. The van der Waals surface area contributed by atoms with Crippen LogP contribution in [-0.4, -0.2) is 58.3 Å².